The fraction of sp³-hybridized carbons (Fsp3) is 0.684. The van der Waals surface area contributed by atoms with Crippen LogP contribution in [-0.2, 0) is 5.41 Å². The summed E-state index contributed by atoms with van der Waals surface area (Å²) in [6.45, 7) is 2.28. The Balaban J connectivity index is 2.10. The number of benzene rings is 1. The van der Waals surface area contributed by atoms with Crippen LogP contribution in [0.4, 0.5) is 0 Å². The average Bonchev–Trinajstić information content (AvgIpc) is 3.08. The van der Waals surface area contributed by atoms with Crippen molar-refractivity contribution in [2.45, 2.75) is 43.7 Å². The Morgan fingerprint density at radius 1 is 1.17 bits per heavy atom. The van der Waals surface area contributed by atoms with Gasteiger partial charge in [0.05, 0.1) is 20.3 Å². The molecule has 128 valence electrons. The van der Waals surface area contributed by atoms with Crippen LogP contribution in [0.25, 0.3) is 0 Å². The number of hydrogen-bond donors (Lipinski definition) is 1. The van der Waals surface area contributed by atoms with E-state index in [1.807, 2.05) is 6.07 Å². The van der Waals surface area contributed by atoms with Crippen LogP contribution in [0.5, 0.6) is 11.5 Å². The van der Waals surface area contributed by atoms with Gasteiger partial charge in [0.2, 0.25) is 0 Å². The maximum Gasteiger partial charge on any atom is 0.161 e. The molecule has 4 heteroatoms. The van der Waals surface area contributed by atoms with Crippen molar-refractivity contribution in [3.05, 3.63) is 23.8 Å². The van der Waals surface area contributed by atoms with E-state index in [1.54, 1.807) is 14.2 Å². The summed E-state index contributed by atoms with van der Waals surface area (Å²) in [5.74, 6) is 2.45. The van der Waals surface area contributed by atoms with Crippen LogP contribution in [0.1, 0.15) is 31.7 Å². The van der Waals surface area contributed by atoms with Gasteiger partial charge >= 0.3 is 0 Å². The smallest absolute Gasteiger partial charge is 0.161 e. The summed E-state index contributed by atoms with van der Waals surface area (Å²) in [6.07, 6.45) is 2.94. The van der Waals surface area contributed by atoms with Gasteiger partial charge in [-0.1, -0.05) is 13.0 Å². The Hall–Kier alpha value is -1.26. The molecule has 23 heavy (non-hydrogen) atoms. The first kappa shape index (κ1) is 16.6. The standard InChI is InChI=1S/C19H29NO3/c1-6-19(12-7-8-16(22-4)17(11-12)23-5)13-9-14(15(21)10-13)18(19)20(2)3/h7-8,11,13-15,18,21H,6,9-10H2,1-5H3/t13?,14?,15?,18?,19-/m0/s1. The lowest BCUT2D eigenvalue weighted by Gasteiger charge is -2.48. The monoisotopic (exact) mass is 319 g/mol. The summed E-state index contributed by atoms with van der Waals surface area (Å²) < 4.78 is 10.9. The third kappa shape index (κ3) is 2.26. The largest absolute Gasteiger partial charge is 0.493 e. The molecule has 0 aliphatic heterocycles. The normalized spacial score (nSPS) is 35.8. The topological polar surface area (TPSA) is 41.9 Å². The lowest BCUT2D eigenvalue weighted by Crippen LogP contribution is -2.54. The zero-order chi connectivity index (χ0) is 16.8. The number of nitrogens with zero attached hydrogens (tertiary/aromatic N) is 1. The van der Waals surface area contributed by atoms with Crippen molar-refractivity contribution in [2.24, 2.45) is 11.8 Å². The molecule has 2 saturated carbocycles. The quantitative estimate of drug-likeness (QED) is 0.906. The second kappa shape index (κ2) is 5.99. The van der Waals surface area contributed by atoms with Gasteiger partial charge in [0.1, 0.15) is 0 Å². The third-order valence-corrected chi connectivity index (χ3v) is 6.30. The molecule has 0 saturated heterocycles. The number of methoxy groups -OCH3 is 2. The second-order valence-corrected chi connectivity index (χ2v) is 7.27. The van der Waals surface area contributed by atoms with Crippen LogP contribution >= 0.6 is 0 Å². The fourth-order valence-corrected chi connectivity index (χ4v) is 5.51. The zero-order valence-corrected chi connectivity index (χ0v) is 14.9. The first-order chi connectivity index (χ1) is 11.0. The Morgan fingerprint density at radius 3 is 2.43 bits per heavy atom. The summed E-state index contributed by atoms with van der Waals surface area (Å²) in [4.78, 5) is 2.31. The van der Waals surface area contributed by atoms with Crippen molar-refractivity contribution in [2.75, 3.05) is 28.3 Å². The van der Waals surface area contributed by atoms with Crippen LogP contribution in [0.3, 0.4) is 0 Å². The lowest BCUT2D eigenvalue weighted by molar-refractivity contribution is 0.0139. The minimum atomic E-state index is -0.160. The molecule has 3 rings (SSSR count). The zero-order valence-electron chi connectivity index (χ0n) is 14.9. The highest BCUT2D eigenvalue weighted by Gasteiger charge is 2.61. The maximum atomic E-state index is 10.4. The van der Waals surface area contributed by atoms with E-state index < -0.39 is 0 Å². The van der Waals surface area contributed by atoms with Gasteiger partial charge in [0, 0.05) is 17.4 Å². The Morgan fingerprint density at radius 2 is 1.87 bits per heavy atom. The van der Waals surface area contributed by atoms with Crippen molar-refractivity contribution < 1.29 is 14.6 Å². The van der Waals surface area contributed by atoms with E-state index in [4.69, 9.17) is 9.47 Å². The molecule has 1 aromatic rings. The van der Waals surface area contributed by atoms with Gasteiger partial charge in [-0.05, 0) is 57.0 Å². The van der Waals surface area contributed by atoms with Gasteiger partial charge in [-0.25, -0.2) is 0 Å². The Bertz CT molecular complexity index is 574. The molecule has 1 N–H and O–H groups in total. The number of rotatable bonds is 5. The van der Waals surface area contributed by atoms with E-state index in [0.717, 1.165) is 30.8 Å². The molecule has 0 spiro atoms. The predicted molar refractivity (Wildman–Crippen MR) is 91.2 cm³/mol. The highest BCUT2D eigenvalue weighted by Crippen LogP contribution is 2.60. The molecular weight excluding hydrogens is 290 g/mol. The summed E-state index contributed by atoms with van der Waals surface area (Å²) in [5, 5.41) is 10.4. The molecule has 0 radical (unpaired) electrons. The van der Waals surface area contributed by atoms with Crippen LogP contribution in [-0.4, -0.2) is 50.5 Å². The number of aliphatic hydroxyl groups excluding tert-OH is 1. The van der Waals surface area contributed by atoms with E-state index in [1.165, 1.54) is 5.56 Å². The fourth-order valence-electron chi connectivity index (χ4n) is 5.51. The van der Waals surface area contributed by atoms with E-state index in [-0.39, 0.29) is 11.5 Å². The highest BCUT2D eigenvalue weighted by atomic mass is 16.5. The molecule has 0 amide bonds. The van der Waals surface area contributed by atoms with Gasteiger partial charge < -0.3 is 19.5 Å². The second-order valence-electron chi connectivity index (χ2n) is 7.27. The van der Waals surface area contributed by atoms with Gasteiger partial charge in [-0.2, -0.15) is 0 Å². The minimum Gasteiger partial charge on any atom is -0.493 e. The number of ether oxygens (including phenoxy) is 2. The summed E-state index contributed by atoms with van der Waals surface area (Å²) in [5.41, 5.74) is 1.39. The molecule has 4 nitrogen and oxygen atoms in total. The summed E-state index contributed by atoms with van der Waals surface area (Å²) in [6, 6.07) is 6.71. The van der Waals surface area contributed by atoms with Gasteiger partial charge in [0.25, 0.3) is 0 Å². The van der Waals surface area contributed by atoms with Gasteiger partial charge in [0.15, 0.2) is 11.5 Å². The minimum absolute atomic E-state index is 0.0763. The van der Waals surface area contributed by atoms with Crippen LogP contribution < -0.4 is 9.47 Å². The Kier molecular flexibility index (Phi) is 4.32. The summed E-state index contributed by atoms with van der Waals surface area (Å²) in [7, 11) is 7.64. The molecule has 5 atom stereocenters. The third-order valence-electron chi connectivity index (χ3n) is 6.30. The van der Waals surface area contributed by atoms with Gasteiger partial charge in [-0.15, -0.1) is 0 Å². The van der Waals surface area contributed by atoms with Crippen molar-refractivity contribution in [1.29, 1.82) is 0 Å². The molecule has 0 aromatic heterocycles. The van der Waals surface area contributed by atoms with Crippen molar-refractivity contribution in [1.82, 2.24) is 4.90 Å². The van der Waals surface area contributed by atoms with Crippen LogP contribution in [0, 0.1) is 11.8 Å². The van der Waals surface area contributed by atoms with Gasteiger partial charge in [-0.3, -0.25) is 0 Å². The first-order valence-corrected chi connectivity index (χ1v) is 8.56. The van der Waals surface area contributed by atoms with E-state index in [2.05, 4.69) is 38.1 Å². The number of fused-ring (bicyclic) bond motifs is 2. The molecule has 2 fully saturated rings. The number of hydrogen-bond acceptors (Lipinski definition) is 4. The number of aliphatic hydroxyl groups is 1. The SMILES string of the molecule is CC[C@]1(c2ccc(OC)c(OC)c2)C2CC(O)C(C2)C1N(C)C. The number of likely N-dealkylation sites (N-methyl/N-ethyl adjacent to an activating group) is 1. The van der Waals surface area contributed by atoms with E-state index in [0.29, 0.717) is 17.9 Å². The van der Waals surface area contributed by atoms with E-state index in [9.17, 15) is 5.11 Å². The highest BCUT2D eigenvalue weighted by molar-refractivity contribution is 5.47. The first-order valence-electron chi connectivity index (χ1n) is 8.56. The van der Waals surface area contributed by atoms with Crippen LogP contribution in [0.2, 0.25) is 0 Å². The average molecular weight is 319 g/mol. The molecule has 2 bridgehead atoms. The molecule has 2 aliphatic carbocycles. The van der Waals surface area contributed by atoms with Crippen LogP contribution in [0.15, 0.2) is 18.2 Å². The molecular formula is C19H29NO3. The van der Waals surface area contributed by atoms with E-state index >= 15 is 0 Å². The Labute approximate surface area is 139 Å². The van der Waals surface area contributed by atoms with Crippen molar-refractivity contribution >= 4 is 0 Å². The lowest BCUT2D eigenvalue weighted by atomic mass is 9.63. The predicted octanol–water partition coefficient (Wildman–Crippen LogP) is 2.68. The maximum absolute atomic E-state index is 10.4. The van der Waals surface area contributed by atoms with Crippen molar-refractivity contribution in [3.8, 4) is 11.5 Å². The van der Waals surface area contributed by atoms with Crippen molar-refractivity contribution in [3.63, 3.8) is 0 Å². The molecule has 2 aliphatic rings. The molecule has 0 heterocycles. The molecule has 4 unspecified atom stereocenters. The molecule has 1 aromatic carbocycles. The summed E-state index contributed by atoms with van der Waals surface area (Å²) >= 11 is 0.